The topological polar surface area (TPSA) is 115 Å². The van der Waals surface area contributed by atoms with E-state index in [1.165, 1.54) is 10.6 Å². The number of hydrogen-bond donors (Lipinski definition) is 2. The smallest absolute Gasteiger partial charge is 0.356 e. The highest BCUT2D eigenvalue weighted by Gasteiger charge is 2.20. The first-order valence-corrected chi connectivity index (χ1v) is 10.2. The fourth-order valence-corrected chi connectivity index (χ4v) is 3.88. The number of pyridine rings is 1. The lowest BCUT2D eigenvalue weighted by Crippen LogP contribution is -2.22. The second-order valence-electron chi connectivity index (χ2n) is 7.59. The summed E-state index contributed by atoms with van der Waals surface area (Å²) in [5, 5.41) is 17.4. The fourth-order valence-electron chi connectivity index (χ4n) is 3.73. The molecule has 4 aromatic rings. The van der Waals surface area contributed by atoms with E-state index in [4.69, 9.17) is 16.6 Å². The van der Waals surface area contributed by atoms with Crippen molar-refractivity contribution in [3.8, 4) is 11.5 Å². The van der Waals surface area contributed by atoms with E-state index in [0.717, 1.165) is 11.1 Å². The Hall–Kier alpha value is -3.72. The van der Waals surface area contributed by atoms with E-state index in [0.29, 0.717) is 28.1 Å². The third kappa shape index (κ3) is 3.71. The lowest BCUT2D eigenvalue weighted by atomic mass is 10.0. The average Bonchev–Trinajstić information content (AvgIpc) is 3.17. The number of nitrogens with zero attached hydrogens (tertiary/aromatic N) is 5. The number of carbonyl (C=O) groups is 1. The van der Waals surface area contributed by atoms with Gasteiger partial charge in [-0.3, -0.25) is 14.0 Å². The predicted octanol–water partition coefficient (Wildman–Crippen LogP) is 3.56. The molecule has 0 fully saturated rings. The lowest BCUT2D eigenvalue weighted by molar-refractivity contribution is 0.0691. The monoisotopic (exact) mass is 452 g/mol. The maximum Gasteiger partial charge on any atom is 0.356 e. The number of fused-ring (bicyclic) bond motifs is 1. The van der Waals surface area contributed by atoms with Gasteiger partial charge in [0.15, 0.2) is 11.5 Å². The number of aromatic carboxylic acids is 1. The highest BCUT2D eigenvalue weighted by molar-refractivity contribution is 6.29. The standard InChI is InChI=1S/C22H21ClN6O3/c1-11-9-13(12(2)25-15-5-6-17(23)26-19(15)22(31)32)18-14(10-11)21(30)28(3)20(27-18)16-7-8-24-29(16)4/h5-10,12,25H,1-4H3,(H,31,32)/t12-/m1/s1. The molecule has 0 aliphatic rings. The van der Waals surface area contributed by atoms with Gasteiger partial charge in [0.25, 0.3) is 5.56 Å². The number of carboxylic acid groups (broad SMARTS) is 1. The predicted molar refractivity (Wildman–Crippen MR) is 122 cm³/mol. The Bertz CT molecular complexity index is 1430. The quantitative estimate of drug-likeness (QED) is 0.445. The maximum absolute atomic E-state index is 13.2. The van der Waals surface area contributed by atoms with Crippen LogP contribution in [0.3, 0.4) is 0 Å². The van der Waals surface area contributed by atoms with Crippen molar-refractivity contribution in [1.82, 2.24) is 24.3 Å². The Labute approximate surface area is 188 Å². The molecule has 0 saturated carbocycles. The summed E-state index contributed by atoms with van der Waals surface area (Å²) in [4.78, 5) is 33.5. The summed E-state index contributed by atoms with van der Waals surface area (Å²) in [5.74, 6) is -0.707. The minimum Gasteiger partial charge on any atom is -0.476 e. The molecule has 0 unspecified atom stereocenters. The zero-order valence-electron chi connectivity index (χ0n) is 17.9. The molecule has 164 valence electrons. The highest BCUT2D eigenvalue weighted by atomic mass is 35.5. The van der Waals surface area contributed by atoms with Crippen molar-refractivity contribution in [1.29, 1.82) is 0 Å². The molecule has 0 aliphatic carbocycles. The molecule has 3 aromatic heterocycles. The van der Waals surface area contributed by atoms with Crippen molar-refractivity contribution in [2.24, 2.45) is 14.1 Å². The molecule has 0 radical (unpaired) electrons. The van der Waals surface area contributed by atoms with E-state index in [1.54, 1.807) is 43.2 Å². The van der Waals surface area contributed by atoms with Gasteiger partial charge in [0.1, 0.15) is 10.8 Å². The third-order valence-corrected chi connectivity index (χ3v) is 5.52. The molecule has 1 aromatic carbocycles. The Kier molecular flexibility index (Phi) is 5.43. The van der Waals surface area contributed by atoms with Gasteiger partial charge in [-0.15, -0.1) is 0 Å². The van der Waals surface area contributed by atoms with E-state index in [2.05, 4.69) is 15.4 Å². The summed E-state index contributed by atoms with van der Waals surface area (Å²) >= 11 is 5.87. The molecule has 0 spiro atoms. The van der Waals surface area contributed by atoms with Crippen LogP contribution in [0.4, 0.5) is 5.69 Å². The van der Waals surface area contributed by atoms with Crippen LogP contribution in [-0.4, -0.2) is 35.4 Å². The number of aromatic nitrogens is 5. The fraction of sp³-hybridized carbons (Fsp3) is 0.227. The van der Waals surface area contributed by atoms with Gasteiger partial charge < -0.3 is 10.4 Å². The van der Waals surface area contributed by atoms with Gasteiger partial charge in [-0.05, 0) is 43.7 Å². The molecular formula is C22H21ClN6O3. The first-order valence-electron chi connectivity index (χ1n) is 9.83. The van der Waals surface area contributed by atoms with Crippen LogP contribution in [0.15, 0.2) is 41.3 Å². The van der Waals surface area contributed by atoms with Crippen LogP contribution in [0.2, 0.25) is 5.15 Å². The molecule has 2 N–H and O–H groups in total. The second-order valence-corrected chi connectivity index (χ2v) is 7.98. The number of aryl methyl sites for hydroxylation is 2. The second kappa shape index (κ2) is 8.08. The number of hydrogen-bond acceptors (Lipinski definition) is 6. The van der Waals surface area contributed by atoms with Gasteiger partial charge in [-0.1, -0.05) is 17.7 Å². The van der Waals surface area contributed by atoms with Gasteiger partial charge in [0.2, 0.25) is 0 Å². The van der Waals surface area contributed by atoms with Crippen molar-refractivity contribution in [3.63, 3.8) is 0 Å². The Morgan fingerprint density at radius 1 is 1.19 bits per heavy atom. The molecule has 0 bridgehead atoms. The zero-order chi connectivity index (χ0) is 23.2. The van der Waals surface area contributed by atoms with E-state index >= 15 is 0 Å². The first kappa shape index (κ1) is 21.5. The van der Waals surface area contributed by atoms with E-state index in [9.17, 15) is 14.7 Å². The molecule has 4 rings (SSSR count). The average molecular weight is 453 g/mol. The van der Waals surface area contributed by atoms with Crippen molar-refractivity contribution >= 4 is 34.2 Å². The van der Waals surface area contributed by atoms with Gasteiger partial charge >= 0.3 is 5.97 Å². The van der Waals surface area contributed by atoms with Crippen LogP contribution in [0.25, 0.3) is 22.4 Å². The van der Waals surface area contributed by atoms with Crippen LogP contribution in [0, 0.1) is 6.92 Å². The van der Waals surface area contributed by atoms with Crippen LogP contribution in [0.5, 0.6) is 0 Å². The molecule has 9 nitrogen and oxygen atoms in total. The van der Waals surface area contributed by atoms with Gasteiger partial charge in [0, 0.05) is 25.9 Å². The van der Waals surface area contributed by atoms with Gasteiger partial charge in [0.05, 0.1) is 22.6 Å². The summed E-state index contributed by atoms with van der Waals surface area (Å²) in [6.07, 6.45) is 1.65. The van der Waals surface area contributed by atoms with Crippen molar-refractivity contribution in [2.75, 3.05) is 5.32 Å². The highest BCUT2D eigenvalue weighted by Crippen LogP contribution is 2.29. The van der Waals surface area contributed by atoms with Crippen molar-refractivity contribution in [3.05, 3.63) is 68.9 Å². The van der Waals surface area contributed by atoms with Crippen LogP contribution in [0.1, 0.15) is 34.6 Å². The van der Waals surface area contributed by atoms with Crippen molar-refractivity contribution in [2.45, 2.75) is 19.9 Å². The van der Waals surface area contributed by atoms with Crippen LogP contribution < -0.4 is 10.9 Å². The number of rotatable bonds is 5. The minimum absolute atomic E-state index is 0.0904. The molecule has 10 heteroatoms. The van der Waals surface area contributed by atoms with Gasteiger partial charge in [-0.25, -0.2) is 14.8 Å². The van der Waals surface area contributed by atoms with Crippen LogP contribution in [-0.2, 0) is 14.1 Å². The number of halogens is 1. The first-order chi connectivity index (χ1) is 15.2. The maximum atomic E-state index is 13.2. The summed E-state index contributed by atoms with van der Waals surface area (Å²) in [6, 6.07) is 8.25. The number of carboxylic acids is 1. The summed E-state index contributed by atoms with van der Waals surface area (Å²) in [6.45, 7) is 3.77. The molecule has 1 atom stereocenters. The zero-order valence-corrected chi connectivity index (χ0v) is 18.7. The van der Waals surface area contributed by atoms with Crippen molar-refractivity contribution < 1.29 is 9.90 Å². The molecule has 32 heavy (non-hydrogen) atoms. The Morgan fingerprint density at radius 2 is 1.94 bits per heavy atom. The molecule has 0 aliphatic heterocycles. The normalized spacial score (nSPS) is 12.2. The number of benzene rings is 1. The SMILES string of the molecule is Cc1cc([C@@H](C)Nc2ccc(Cl)nc2C(=O)O)c2nc(-c3ccnn3C)n(C)c(=O)c2c1. The summed E-state index contributed by atoms with van der Waals surface area (Å²) in [7, 11) is 3.46. The lowest BCUT2D eigenvalue weighted by Gasteiger charge is -2.20. The Balaban J connectivity index is 1.89. The third-order valence-electron chi connectivity index (χ3n) is 5.31. The molecule has 0 saturated heterocycles. The van der Waals surface area contributed by atoms with E-state index in [1.807, 2.05) is 19.9 Å². The number of anilines is 1. The number of nitrogens with one attached hydrogen (secondary N) is 1. The molecule has 3 heterocycles. The molecule has 0 amide bonds. The van der Waals surface area contributed by atoms with E-state index in [-0.39, 0.29) is 22.4 Å². The Morgan fingerprint density at radius 3 is 2.59 bits per heavy atom. The summed E-state index contributed by atoms with van der Waals surface area (Å²) < 4.78 is 3.16. The molecular weight excluding hydrogens is 432 g/mol. The van der Waals surface area contributed by atoms with Crippen LogP contribution >= 0.6 is 11.6 Å². The minimum atomic E-state index is -1.19. The van der Waals surface area contributed by atoms with Gasteiger partial charge in [-0.2, -0.15) is 5.10 Å². The van der Waals surface area contributed by atoms with E-state index < -0.39 is 5.97 Å². The summed E-state index contributed by atoms with van der Waals surface area (Å²) in [5.41, 5.74) is 2.85. The largest absolute Gasteiger partial charge is 0.476 e.